The summed E-state index contributed by atoms with van der Waals surface area (Å²) >= 11 is 0. The first-order valence-corrected chi connectivity index (χ1v) is 9.44. The minimum absolute atomic E-state index is 0.361. The monoisotopic (exact) mass is 394 g/mol. The molecule has 2 aromatic heterocycles. The van der Waals surface area contributed by atoms with E-state index in [1.54, 1.807) is 18.5 Å². The molecule has 3 N–H and O–H groups in total. The molecule has 0 bridgehead atoms. The van der Waals surface area contributed by atoms with Crippen molar-refractivity contribution in [1.29, 1.82) is 5.41 Å². The highest BCUT2D eigenvalue weighted by molar-refractivity contribution is 5.95. The zero-order valence-electron chi connectivity index (χ0n) is 16.0. The zero-order valence-corrected chi connectivity index (χ0v) is 16.0. The SMILES string of the molecule is N=C(N)Oc1ccc2ncnc(-c3ccc4c(cnn4Cc4ccccc4)c3)c2c1. The molecule has 0 spiro atoms. The van der Waals surface area contributed by atoms with Gasteiger partial charge in [0.25, 0.3) is 6.02 Å². The van der Waals surface area contributed by atoms with Crippen LogP contribution in [0.25, 0.3) is 33.1 Å². The molecule has 0 radical (unpaired) electrons. The Morgan fingerprint density at radius 3 is 2.70 bits per heavy atom. The molecule has 0 saturated carbocycles. The van der Waals surface area contributed by atoms with Crippen LogP contribution in [0.2, 0.25) is 0 Å². The van der Waals surface area contributed by atoms with Crippen molar-refractivity contribution in [3.05, 3.63) is 84.8 Å². The van der Waals surface area contributed by atoms with Gasteiger partial charge in [0.05, 0.1) is 29.5 Å². The highest BCUT2D eigenvalue weighted by Crippen LogP contribution is 2.30. The van der Waals surface area contributed by atoms with E-state index in [2.05, 4.69) is 39.3 Å². The lowest BCUT2D eigenvalue weighted by Crippen LogP contribution is -2.17. The molecule has 0 aliphatic carbocycles. The van der Waals surface area contributed by atoms with Crippen molar-refractivity contribution in [3.8, 4) is 17.0 Å². The summed E-state index contributed by atoms with van der Waals surface area (Å²) in [5.41, 5.74) is 10.1. The van der Waals surface area contributed by atoms with Gasteiger partial charge in [-0.25, -0.2) is 9.97 Å². The second-order valence-electron chi connectivity index (χ2n) is 6.93. The molecule has 3 aromatic carbocycles. The number of fused-ring (bicyclic) bond motifs is 2. The number of amidine groups is 1. The molecule has 0 fully saturated rings. The Kier molecular flexibility index (Phi) is 4.33. The normalized spacial score (nSPS) is 11.1. The minimum Gasteiger partial charge on any atom is -0.426 e. The largest absolute Gasteiger partial charge is 0.426 e. The van der Waals surface area contributed by atoms with Crippen molar-refractivity contribution in [2.24, 2.45) is 5.73 Å². The summed E-state index contributed by atoms with van der Waals surface area (Å²) in [7, 11) is 0. The summed E-state index contributed by atoms with van der Waals surface area (Å²) in [5, 5.41) is 13.8. The highest BCUT2D eigenvalue weighted by Gasteiger charge is 2.11. The van der Waals surface area contributed by atoms with Crippen LogP contribution >= 0.6 is 0 Å². The van der Waals surface area contributed by atoms with Gasteiger partial charge in [-0.3, -0.25) is 10.1 Å². The predicted molar refractivity (Wildman–Crippen MR) is 116 cm³/mol. The molecular formula is C23H18N6O. The average molecular weight is 394 g/mol. The Hall–Kier alpha value is -4.26. The van der Waals surface area contributed by atoms with Crippen LogP contribution < -0.4 is 10.5 Å². The fourth-order valence-corrected chi connectivity index (χ4v) is 3.57. The third-order valence-corrected chi connectivity index (χ3v) is 4.93. The minimum atomic E-state index is -0.361. The number of nitrogens with two attached hydrogens (primary N) is 1. The average Bonchev–Trinajstić information content (AvgIpc) is 3.15. The van der Waals surface area contributed by atoms with Gasteiger partial charge in [-0.2, -0.15) is 5.10 Å². The molecule has 0 aliphatic rings. The van der Waals surface area contributed by atoms with E-state index < -0.39 is 0 Å². The van der Waals surface area contributed by atoms with E-state index in [9.17, 15) is 0 Å². The van der Waals surface area contributed by atoms with Crippen molar-refractivity contribution < 1.29 is 4.74 Å². The third-order valence-electron chi connectivity index (χ3n) is 4.93. The van der Waals surface area contributed by atoms with Crippen LogP contribution in [0, 0.1) is 5.41 Å². The van der Waals surface area contributed by atoms with E-state index >= 15 is 0 Å². The van der Waals surface area contributed by atoms with E-state index in [4.69, 9.17) is 15.9 Å². The highest BCUT2D eigenvalue weighted by atomic mass is 16.5. The zero-order chi connectivity index (χ0) is 20.5. The standard InChI is InChI=1S/C23H18N6O/c24-23(25)30-18-7-8-20-19(11-18)22(27-14-26-20)16-6-9-21-17(10-16)12-28-29(21)13-15-4-2-1-3-5-15/h1-12,14H,13H2,(H3,24,25). The summed E-state index contributed by atoms with van der Waals surface area (Å²) in [4.78, 5) is 8.83. The van der Waals surface area contributed by atoms with Gasteiger partial charge in [-0.15, -0.1) is 0 Å². The molecule has 0 aliphatic heterocycles. The Labute approximate surface area is 172 Å². The van der Waals surface area contributed by atoms with Crippen LogP contribution in [0.1, 0.15) is 5.56 Å². The quantitative estimate of drug-likeness (QED) is 0.355. The molecule has 0 unspecified atom stereocenters. The lowest BCUT2D eigenvalue weighted by atomic mass is 10.0. The first-order valence-electron chi connectivity index (χ1n) is 9.44. The molecule has 7 nitrogen and oxygen atoms in total. The maximum Gasteiger partial charge on any atom is 0.284 e. The van der Waals surface area contributed by atoms with Crippen LogP contribution in [0.15, 0.2) is 79.3 Å². The first-order chi connectivity index (χ1) is 14.7. The number of nitrogens with zero attached hydrogens (tertiary/aromatic N) is 4. The van der Waals surface area contributed by atoms with Gasteiger partial charge >= 0.3 is 0 Å². The Bertz CT molecular complexity index is 1380. The maximum absolute atomic E-state index is 7.35. The maximum atomic E-state index is 7.35. The van der Waals surface area contributed by atoms with Crippen molar-refractivity contribution in [2.45, 2.75) is 6.54 Å². The summed E-state index contributed by atoms with van der Waals surface area (Å²) in [6.07, 6.45) is 3.42. The molecule has 0 amide bonds. The smallest absolute Gasteiger partial charge is 0.284 e. The van der Waals surface area contributed by atoms with Gasteiger partial charge in [0.2, 0.25) is 0 Å². The molecule has 5 rings (SSSR count). The number of rotatable bonds is 4. The lowest BCUT2D eigenvalue weighted by Gasteiger charge is -2.09. The summed E-state index contributed by atoms with van der Waals surface area (Å²) in [6.45, 7) is 0.714. The van der Waals surface area contributed by atoms with E-state index in [0.29, 0.717) is 12.3 Å². The Morgan fingerprint density at radius 1 is 1.00 bits per heavy atom. The van der Waals surface area contributed by atoms with Gasteiger partial charge in [0, 0.05) is 16.3 Å². The van der Waals surface area contributed by atoms with Crippen LogP contribution in [-0.4, -0.2) is 25.8 Å². The van der Waals surface area contributed by atoms with Gasteiger partial charge in [-0.1, -0.05) is 36.4 Å². The molecule has 146 valence electrons. The lowest BCUT2D eigenvalue weighted by molar-refractivity contribution is 0.538. The van der Waals surface area contributed by atoms with E-state index in [0.717, 1.165) is 33.1 Å². The van der Waals surface area contributed by atoms with Crippen LogP contribution in [0.4, 0.5) is 0 Å². The number of benzene rings is 3. The van der Waals surface area contributed by atoms with Crippen molar-refractivity contribution in [2.75, 3.05) is 0 Å². The van der Waals surface area contributed by atoms with E-state index in [-0.39, 0.29) is 6.02 Å². The summed E-state index contributed by atoms with van der Waals surface area (Å²) in [5.74, 6) is 0.475. The third kappa shape index (κ3) is 3.33. The van der Waals surface area contributed by atoms with E-state index in [1.165, 1.54) is 5.56 Å². The van der Waals surface area contributed by atoms with Crippen molar-refractivity contribution >= 4 is 27.8 Å². The molecule has 0 atom stereocenters. The molecule has 2 heterocycles. The van der Waals surface area contributed by atoms with E-state index in [1.807, 2.05) is 41.2 Å². The first kappa shape index (κ1) is 17.8. The van der Waals surface area contributed by atoms with Gasteiger partial charge in [-0.05, 0) is 35.9 Å². The Morgan fingerprint density at radius 2 is 1.87 bits per heavy atom. The topological polar surface area (TPSA) is 103 Å². The molecule has 7 heteroatoms. The second kappa shape index (κ2) is 7.29. The summed E-state index contributed by atoms with van der Waals surface area (Å²) < 4.78 is 7.23. The van der Waals surface area contributed by atoms with Crippen LogP contribution in [-0.2, 0) is 6.54 Å². The van der Waals surface area contributed by atoms with Gasteiger partial charge in [0.15, 0.2) is 0 Å². The van der Waals surface area contributed by atoms with Crippen LogP contribution in [0.3, 0.4) is 0 Å². The number of hydrogen-bond acceptors (Lipinski definition) is 5. The molecular weight excluding hydrogens is 376 g/mol. The summed E-state index contributed by atoms with van der Waals surface area (Å²) in [6, 6.07) is 21.4. The second-order valence-corrected chi connectivity index (χ2v) is 6.93. The number of aromatic nitrogens is 4. The number of nitrogens with one attached hydrogen (secondary N) is 1. The van der Waals surface area contributed by atoms with Gasteiger partial charge < -0.3 is 10.5 Å². The molecule has 0 saturated heterocycles. The Balaban J connectivity index is 1.56. The van der Waals surface area contributed by atoms with Crippen LogP contribution in [0.5, 0.6) is 5.75 Å². The number of hydrogen-bond donors (Lipinski definition) is 2. The van der Waals surface area contributed by atoms with Crippen molar-refractivity contribution in [3.63, 3.8) is 0 Å². The fraction of sp³-hybridized carbons (Fsp3) is 0.0435. The van der Waals surface area contributed by atoms with Gasteiger partial charge in [0.1, 0.15) is 12.1 Å². The number of ether oxygens (including phenoxy) is 1. The predicted octanol–water partition coefficient (Wildman–Crippen LogP) is 3.97. The molecule has 30 heavy (non-hydrogen) atoms. The molecule has 5 aromatic rings. The fourth-order valence-electron chi connectivity index (χ4n) is 3.57. The van der Waals surface area contributed by atoms with Crippen molar-refractivity contribution in [1.82, 2.24) is 19.7 Å².